The van der Waals surface area contributed by atoms with Gasteiger partial charge in [0.1, 0.15) is 11.5 Å². The quantitative estimate of drug-likeness (QED) is 0.933. The molecular weight excluding hydrogens is 299 g/mol. The molecule has 1 N–H and O–H groups in total. The molecule has 0 unspecified atom stereocenters. The van der Waals surface area contributed by atoms with Crippen molar-refractivity contribution in [3.05, 3.63) is 54.1 Å². The lowest BCUT2D eigenvalue weighted by Crippen LogP contribution is -2.17. The van der Waals surface area contributed by atoms with Crippen LogP contribution in [0.15, 0.2) is 48.5 Å². The number of carbonyl (C=O) groups excluding carboxylic acids is 1. The van der Waals surface area contributed by atoms with E-state index in [-0.39, 0.29) is 5.69 Å². The molecule has 1 amide bonds. The second kappa shape index (κ2) is 6.38. The first-order valence-electron chi connectivity index (χ1n) is 6.18. The molecule has 0 aliphatic heterocycles. The molecule has 0 saturated heterocycles. The van der Waals surface area contributed by atoms with Gasteiger partial charge in [-0.25, -0.2) is 0 Å². The van der Waals surface area contributed by atoms with Crippen molar-refractivity contribution < 1.29 is 27.4 Å². The van der Waals surface area contributed by atoms with Crippen molar-refractivity contribution in [2.45, 2.75) is 6.36 Å². The fourth-order valence-electron chi connectivity index (χ4n) is 1.72. The minimum Gasteiger partial charge on any atom is -0.497 e. The Morgan fingerprint density at radius 3 is 2.32 bits per heavy atom. The van der Waals surface area contributed by atoms with Crippen molar-refractivity contribution >= 4 is 11.6 Å². The Morgan fingerprint density at radius 1 is 1.05 bits per heavy atom. The Balaban J connectivity index is 2.09. The first-order chi connectivity index (χ1) is 10.4. The topological polar surface area (TPSA) is 47.6 Å². The summed E-state index contributed by atoms with van der Waals surface area (Å²) in [5.74, 6) is -0.260. The molecule has 0 aromatic heterocycles. The highest BCUT2D eigenvalue weighted by atomic mass is 19.4. The van der Waals surface area contributed by atoms with Gasteiger partial charge in [-0.15, -0.1) is 13.2 Å². The van der Waals surface area contributed by atoms with Gasteiger partial charge >= 0.3 is 6.36 Å². The van der Waals surface area contributed by atoms with E-state index in [1.807, 2.05) is 0 Å². The Kier molecular flexibility index (Phi) is 4.55. The predicted octanol–water partition coefficient (Wildman–Crippen LogP) is 3.85. The van der Waals surface area contributed by atoms with E-state index >= 15 is 0 Å². The van der Waals surface area contributed by atoms with E-state index in [1.54, 1.807) is 24.3 Å². The lowest BCUT2D eigenvalue weighted by molar-refractivity contribution is -0.274. The van der Waals surface area contributed by atoms with Gasteiger partial charge in [0, 0.05) is 17.3 Å². The summed E-state index contributed by atoms with van der Waals surface area (Å²) >= 11 is 0. The van der Waals surface area contributed by atoms with Gasteiger partial charge in [-0.05, 0) is 36.4 Å². The van der Waals surface area contributed by atoms with Gasteiger partial charge in [-0.3, -0.25) is 4.79 Å². The number of carbonyl (C=O) groups is 1. The van der Waals surface area contributed by atoms with Crippen LogP contribution in [0.5, 0.6) is 11.5 Å². The maximum atomic E-state index is 12.2. The first kappa shape index (κ1) is 15.7. The molecule has 2 rings (SSSR count). The molecule has 0 saturated carbocycles. The van der Waals surface area contributed by atoms with Crippen LogP contribution in [0.3, 0.4) is 0 Å². The number of ether oxygens (including phenoxy) is 2. The summed E-state index contributed by atoms with van der Waals surface area (Å²) in [5, 5.41) is 2.49. The van der Waals surface area contributed by atoms with E-state index < -0.39 is 18.0 Å². The maximum absolute atomic E-state index is 12.2. The van der Waals surface area contributed by atoms with Crippen molar-refractivity contribution in [2.75, 3.05) is 12.4 Å². The number of hydrogen-bond donors (Lipinski definition) is 1. The summed E-state index contributed by atoms with van der Waals surface area (Å²) in [6, 6.07) is 11.4. The molecule has 7 heteroatoms. The van der Waals surface area contributed by atoms with Crippen molar-refractivity contribution in [2.24, 2.45) is 0 Å². The minimum atomic E-state index is -4.78. The van der Waals surface area contributed by atoms with Gasteiger partial charge in [0.05, 0.1) is 7.11 Å². The number of methoxy groups -OCH3 is 1. The largest absolute Gasteiger partial charge is 0.573 e. The molecule has 0 radical (unpaired) electrons. The van der Waals surface area contributed by atoms with Crippen molar-refractivity contribution in [3.63, 3.8) is 0 Å². The standard InChI is InChI=1S/C15H12F3NO3/c1-21-12-7-5-10(6-8-12)14(20)19-11-3-2-4-13(9-11)22-15(16,17)18/h2-9H,1H3,(H,19,20). The van der Waals surface area contributed by atoms with E-state index in [0.29, 0.717) is 11.3 Å². The second-order valence-electron chi connectivity index (χ2n) is 4.26. The fourth-order valence-corrected chi connectivity index (χ4v) is 1.72. The summed E-state index contributed by atoms with van der Waals surface area (Å²) in [7, 11) is 1.50. The van der Waals surface area contributed by atoms with Crippen LogP contribution in [0, 0.1) is 0 Å². The normalized spacial score (nSPS) is 10.9. The minimum absolute atomic E-state index is 0.197. The maximum Gasteiger partial charge on any atom is 0.573 e. The zero-order chi connectivity index (χ0) is 16.2. The van der Waals surface area contributed by atoms with Crippen molar-refractivity contribution in [1.29, 1.82) is 0 Å². The number of rotatable bonds is 4. The van der Waals surface area contributed by atoms with Gasteiger partial charge in [-0.2, -0.15) is 0 Å². The molecule has 0 aliphatic rings. The van der Waals surface area contributed by atoms with Crippen LogP contribution in [0.25, 0.3) is 0 Å². The molecule has 2 aromatic carbocycles. The summed E-state index contributed by atoms with van der Waals surface area (Å²) < 4.78 is 45.2. The molecular formula is C15H12F3NO3. The van der Waals surface area contributed by atoms with E-state index in [0.717, 1.165) is 12.1 Å². The zero-order valence-corrected chi connectivity index (χ0v) is 11.5. The number of amides is 1. The predicted molar refractivity (Wildman–Crippen MR) is 74.1 cm³/mol. The summed E-state index contributed by atoms with van der Waals surface area (Å²) in [4.78, 5) is 12.0. The Hall–Kier alpha value is -2.70. The monoisotopic (exact) mass is 311 g/mol. The van der Waals surface area contributed by atoms with Gasteiger partial charge in [0.25, 0.3) is 5.91 Å². The SMILES string of the molecule is COc1ccc(C(=O)Nc2cccc(OC(F)(F)F)c2)cc1. The van der Waals surface area contributed by atoms with Crippen molar-refractivity contribution in [1.82, 2.24) is 0 Å². The fraction of sp³-hybridized carbons (Fsp3) is 0.133. The Bertz CT molecular complexity index is 654. The van der Waals surface area contributed by atoms with Gasteiger partial charge in [0.2, 0.25) is 0 Å². The third-order valence-electron chi connectivity index (χ3n) is 2.68. The van der Waals surface area contributed by atoms with Gasteiger partial charge in [-0.1, -0.05) is 6.07 Å². The number of anilines is 1. The summed E-state index contributed by atoms with van der Waals surface area (Å²) in [5.41, 5.74) is 0.547. The highest BCUT2D eigenvalue weighted by molar-refractivity contribution is 6.04. The summed E-state index contributed by atoms with van der Waals surface area (Å²) in [6.45, 7) is 0. The van der Waals surface area contributed by atoms with Crippen LogP contribution in [0.2, 0.25) is 0 Å². The molecule has 0 heterocycles. The molecule has 0 fully saturated rings. The average molecular weight is 311 g/mol. The van der Waals surface area contributed by atoms with E-state index in [2.05, 4.69) is 10.1 Å². The molecule has 0 spiro atoms. The molecule has 22 heavy (non-hydrogen) atoms. The van der Waals surface area contributed by atoms with E-state index in [1.165, 1.54) is 19.2 Å². The Morgan fingerprint density at radius 2 is 1.73 bits per heavy atom. The smallest absolute Gasteiger partial charge is 0.497 e. The lowest BCUT2D eigenvalue weighted by Gasteiger charge is -2.11. The number of hydrogen-bond acceptors (Lipinski definition) is 3. The number of nitrogens with one attached hydrogen (secondary N) is 1. The first-order valence-corrected chi connectivity index (χ1v) is 6.18. The summed E-state index contributed by atoms with van der Waals surface area (Å²) in [6.07, 6.45) is -4.78. The van der Waals surface area contributed by atoms with Crippen LogP contribution in [-0.2, 0) is 0 Å². The van der Waals surface area contributed by atoms with Gasteiger partial charge in [0.15, 0.2) is 0 Å². The number of alkyl halides is 3. The Labute approximate surface area is 124 Å². The lowest BCUT2D eigenvalue weighted by atomic mass is 10.2. The molecule has 116 valence electrons. The molecule has 0 atom stereocenters. The van der Waals surface area contributed by atoms with Crippen molar-refractivity contribution in [3.8, 4) is 11.5 Å². The third kappa shape index (κ3) is 4.41. The average Bonchev–Trinajstić information content (AvgIpc) is 2.46. The van der Waals surface area contributed by atoms with E-state index in [9.17, 15) is 18.0 Å². The van der Waals surface area contributed by atoms with Crippen LogP contribution in [0.1, 0.15) is 10.4 Å². The molecule has 0 bridgehead atoms. The van der Waals surface area contributed by atoms with Gasteiger partial charge < -0.3 is 14.8 Å². The third-order valence-corrected chi connectivity index (χ3v) is 2.68. The highest BCUT2D eigenvalue weighted by Gasteiger charge is 2.31. The van der Waals surface area contributed by atoms with Crippen LogP contribution < -0.4 is 14.8 Å². The molecule has 0 aliphatic carbocycles. The van der Waals surface area contributed by atoms with Crippen LogP contribution in [0.4, 0.5) is 18.9 Å². The second-order valence-corrected chi connectivity index (χ2v) is 4.26. The number of benzene rings is 2. The van der Waals surface area contributed by atoms with E-state index in [4.69, 9.17) is 4.74 Å². The van der Waals surface area contributed by atoms with Crippen LogP contribution in [-0.4, -0.2) is 19.4 Å². The number of halogens is 3. The molecule has 4 nitrogen and oxygen atoms in total. The van der Waals surface area contributed by atoms with Crippen LogP contribution >= 0.6 is 0 Å². The highest BCUT2D eigenvalue weighted by Crippen LogP contribution is 2.25. The molecule has 2 aromatic rings. The zero-order valence-electron chi connectivity index (χ0n) is 11.5.